The van der Waals surface area contributed by atoms with E-state index in [0.717, 1.165) is 5.69 Å². The Kier molecular flexibility index (Phi) is 7.02. The van der Waals surface area contributed by atoms with Crippen molar-refractivity contribution in [2.75, 3.05) is 11.6 Å². The molecule has 12 heavy (non-hydrogen) atoms. The van der Waals surface area contributed by atoms with Crippen molar-refractivity contribution in [3.63, 3.8) is 0 Å². The van der Waals surface area contributed by atoms with Gasteiger partial charge in [0.25, 0.3) is 0 Å². The lowest BCUT2D eigenvalue weighted by Crippen LogP contribution is -1.87. The van der Waals surface area contributed by atoms with Crippen LogP contribution in [0.5, 0.6) is 0 Å². The normalized spacial score (nSPS) is 11.2. The third-order valence-electron chi connectivity index (χ3n) is 1.01. The zero-order valence-corrected chi connectivity index (χ0v) is 8.52. The second-order valence-electron chi connectivity index (χ2n) is 2.35. The molecule has 0 heterocycles. The van der Waals surface area contributed by atoms with Gasteiger partial charge in [0.2, 0.25) is 0 Å². The average Bonchev–Trinajstić information content (AvgIpc) is 2.07. The number of anilines is 1. The van der Waals surface area contributed by atoms with Crippen molar-refractivity contribution in [3.05, 3.63) is 30.3 Å². The lowest BCUT2D eigenvalue weighted by atomic mass is 10.3. The van der Waals surface area contributed by atoms with Crippen LogP contribution >= 0.6 is 23.2 Å². The summed E-state index contributed by atoms with van der Waals surface area (Å²) >= 11 is 10.5. The Morgan fingerprint density at radius 3 is 1.92 bits per heavy atom. The molecule has 1 rings (SSSR count). The summed E-state index contributed by atoms with van der Waals surface area (Å²) in [4.78, 5) is 0. The first-order valence-corrected chi connectivity index (χ1v) is 4.64. The van der Waals surface area contributed by atoms with Crippen molar-refractivity contribution in [3.8, 4) is 0 Å². The quantitative estimate of drug-likeness (QED) is 0.554. The van der Waals surface area contributed by atoms with E-state index in [1.807, 2.05) is 37.3 Å². The minimum atomic E-state index is 0.122. The zero-order valence-electron chi connectivity index (χ0n) is 7.00. The van der Waals surface area contributed by atoms with Crippen LogP contribution in [-0.2, 0) is 0 Å². The Morgan fingerprint density at radius 1 is 1.33 bits per heavy atom. The van der Waals surface area contributed by atoms with Crippen molar-refractivity contribution in [2.24, 2.45) is 0 Å². The Balaban J connectivity index is 0.000000217. The summed E-state index contributed by atoms with van der Waals surface area (Å²) in [6.07, 6.45) is 0. The van der Waals surface area contributed by atoms with E-state index >= 15 is 0 Å². The van der Waals surface area contributed by atoms with Crippen molar-refractivity contribution >= 4 is 28.9 Å². The fourth-order valence-corrected chi connectivity index (χ4v) is 0.453. The van der Waals surface area contributed by atoms with Crippen molar-refractivity contribution < 1.29 is 0 Å². The molecule has 1 nitrogen and oxygen atoms in total. The molecule has 0 fully saturated rings. The van der Waals surface area contributed by atoms with E-state index in [-0.39, 0.29) is 5.38 Å². The van der Waals surface area contributed by atoms with E-state index < -0.39 is 0 Å². The zero-order chi connectivity index (χ0) is 9.40. The highest BCUT2D eigenvalue weighted by Crippen LogP contribution is 1.95. The molecule has 1 aromatic rings. The molecule has 68 valence electrons. The Morgan fingerprint density at radius 2 is 1.75 bits per heavy atom. The number of benzene rings is 1. The van der Waals surface area contributed by atoms with E-state index in [4.69, 9.17) is 28.9 Å². The first kappa shape index (κ1) is 11.6. The van der Waals surface area contributed by atoms with Gasteiger partial charge < -0.3 is 5.73 Å². The Labute approximate surface area is 83.5 Å². The molecule has 0 spiro atoms. The number of hydrogen-bond donors (Lipinski definition) is 1. The molecule has 2 N–H and O–H groups in total. The summed E-state index contributed by atoms with van der Waals surface area (Å²) in [5.41, 5.74) is 6.18. The van der Waals surface area contributed by atoms with E-state index in [0.29, 0.717) is 5.88 Å². The molecular weight excluding hydrogens is 193 g/mol. The first-order chi connectivity index (χ1) is 5.66. The third-order valence-corrected chi connectivity index (χ3v) is 1.79. The summed E-state index contributed by atoms with van der Waals surface area (Å²) in [6, 6.07) is 9.49. The standard InChI is InChI=1S/C6H7N.C3H6Cl2/c7-6-4-2-1-3-5-6;1-3(5)2-4/h1-5H,7H2;3H,2H2,1H3. The van der Waals surface area contributed by atoms with Crippen LogP contribution in [0.15, 0.2) is 30.3 Å². The van der Waals surface area contributed by atoms with Gasteiger partial charge >= 0.3 is 0 Å². The molecule has 1 unspecified atom stereocenters. The van der Waals surface area contributed by atoms with Gasteiger partial charge in [0.15, 0.2) is 0 Å². The maximum atomic E-state index is 5.36. The van der Waals surface area contributed by atoms with E-state index in [1.54, 1.807) is 0 Å². The van der Waals surface area contributed by atoms with Crippen LogP contribution in [0.2, 0.25) is 0 Å². The molecular formula is C9H13Cl2N. The largest absolute Gasteiger partial charge is 0.399 e. The van der Waals surface area contributed by atoms with E-state index in [9.17, 15) is 0 Å². The summed E-state index contributed by atoms with van der Waals surface area (Å²) in [5, 5.41) is 0.122. The van der Waals surface area contributed by atoms with Crippen LogP contribution in [0.1, 0.15) is 6.92 Å². The molecule has 0 radical (unpaired) electrons. The lowest BCUT2D eigenvalue weighted by Gasteiger charge is -1.85. The predicted molar refractivity (Wildman–Crippen MR) is 56.9 cm³/mol. The third kappa shape index (κ3) is 7.70. The number of nitrogens with two attached hydrogens (primary N) is 1. The summed E-state index contributed by atoms with van der Waals surface area (Å²) in [6.45, 7) is 1.86. The molecule has 0 aromatic heterocycles. The number of para-hydroxylation sites is 1. The smallest absolute Gasteiger partial charge is 0.0443 e. The molecule has 0 aliphatic heterocycles. The van der Waals surface area contributed by atoms with Crippen LogP contribution in [0.3, 0.4) is 0 Å². The maximum Gasteiger partial charge on any atom is 0.0443 e. The van der Waals surface area contributed by atoms with Crippen LogP contribution in [-0.4, -0.2) is 11.3 Å². The molecule has 0 bridgehead atoms. The Bertz CT molecular complexity index is 187. The van der Waals surface area contributed by atoms with Gasteiger partial charge in [-0.2, -0.15) is 0 Å². The second-order valence-corrected chi connectivity index (χ2v) is 3.40. The topological polar surface area (TPSA) is 26.0 Å². The molecule has 0 saturated carbocycles. The van der Waals surface area contributed by atoms with Crippen molar-refractivity contribution in [1.82, 2.24) is 0 Å². The average molecular weight is 206 g/mol. The summed E-state index contributed by atoms with van der Waals surface area (Å²) in [5.74, 6) is 0.543. The first-order valence-electron chi connectivity index (χ1n) is 3.67. The Hall–Kier alpha value is -0.400. The number of hydrogen-bond acceptors (Lipinski definition) is 1. The van der Waals surface area contributed by atoms with Gasteiger partial charge in [-0.1, -0.05) is 18.2 Å². The van der Waals surface area contributed by atoms with Gasteiger partial charge in [0.05, 0.1) is 0 Å². The minimum absolute atomic E-state index is 0.122. The molecule has 1 aromatic carbocycles. The molecule has 1 atom stereocenters. The molecule has 0 aliphatic rings. The van der Waals surface area contributed by atoms with Crippen LogP contribution < -0.4 is 5.73 Å². The predicted octanol–water partition coefficient (Wildman–Crippen LogP) is 3.12. The number of alkyl halides is 2. The van der Waals surface area contributed by atoms with E-state index in [2.05, 4.69) is 0 Å². The van der Waals surface area contributed by atoms with Gasteiger partial charge in [-0.15, -0.1) is 23.2 Å². The summed E-state index contributed by atoms with van der Waals surface area (Å²) < 4.78 is 0. The molecule has 0 saturated heterocycles. The van der Waals surface area contributed by atoms with E-state index in [1.165, 1.54) is 0 Å². The van der Waals surface area contributed by atoms with Crippen LogP contribution in [0.4, 0.5) is 5.69 Å². The number of nitrogen functional groups attached to an aromatic ring is 1. The minimum Gasteiger partial charge on any atom is -0.399 e. The molecule has 0 amide bonds. The number of halogens is 2. The second kappa shape index (κ2) is 7.26. The fraction of sp³-hybridized carbons (Fsp3) is 0.333. The highest BCUT2D eigenvalue weighted by Gasteiger charge is 1.85. The molecule has 3 heteroatoms. The van der Waals surface area contributed by atoms with Gasteiger partial charge in [0.1, 0.15) is 0 Å². The van der Waals surface area contributed by atoms with Gasteiger partial charge in [-0.05, 0) is 19.1 Å². The SMILES string of the molecule is CC(Cl)CCl.Nc1ccccc1. The van der Waals surface area contributed by atoms with Crippen LogP contribution in [0.25, 0.3) is 0 Å². The van der Waals surface area contributed by atoms with Crippen LogP contribution in [0, 0.1) is 0 Å². The van der Waals surface area contributed by atoms with Gasteiger partial charge in [-0.25, -0.2) is 0 Å². The molecule has 0 aliphatic carbocycles. The lowest BCUT2D eigenvalue weighted by molar-refractivity contribution is 1.11. The highest BCUT2D eigenvalue weighted by atomic mass is 35.5. The summed E-state index contributed by atoms with van der Waals surface area (Å²) in [7, 11) is 0. The van der Waals surface area contributed by atoms with Crippen molar-refractivity contribution in [2.45, 2.75) is 12.3 Å². The monoisotopic (exact) mass is 205 g/mol. The van der Waals surface area contributed by atoms with Gasteiger partial charge in [0, 0.05) is 16.9 Å². The van der Waals surface area contributed by atoms with Gasteiger partial charge in [-0.3, -0.25) is 0 Å². The fourth-order valence-electron chi connectivity index (χ4n) is 0.453. The van der Waals surface area contributed by atoms with Crippen molar-refractivity contribution in [1.29, 1.82) is 0 Å². The highest BCUT2D eigenvalue weighted by molar-refractivity contribution is 6.27. The number of rotatable bonds is 1. The maximum absolute atomic E-state index is 5.36.